The molecule has 3 aromatic carbocycles. The standard InChI is InChI=1S/C30H33ClN2O2S.CH4O/c1-20-13-21-15-22(14-20)18-30(2,17-21)24-7-12-29(27(31)16-24)32-25-8-10-26(11-9-25)36(35)33-28-6-4-3-5-23(28)19-34;1-2/h3-12,16,19-22,32-33H,13-15,17-18H2,1-2H3;2H,1H3. The van der Waals surface area contributed by atoms with Crippen LogP contribution < -0.4 is 10.0 Å². The number of nitrogens with one attached hydrogen (secondary N) is 2. The van der Waals surface area contributed by atoms with Crippen LogP contribution >= 0.6 is 11.6 Å². The van der Waals surface area contributed by atoms with Gasteiger partial charge in [0.05, 0.1) is 21.3 Å². The average molecular weight is 553 g/mol. The molecule has 3 aromatic rings. The van der Waals surface area contributed by atoms with Crippen LogP contribution in [-0.2, 0) is 16.4 Å². The van der Waals surface area contributed by atoms with Crippen LogP contribution in [0.4, 0.5) is 17.1 Å². The van der Waals surface area contributed by atoms with Gasteiger partial charge in [0, 0.05) is 18.4 Å². The number of carbonyl (C=O) groups is 1. The molecule has 0 heterocycles. The summed E-state index contributed by atoms with van der Waals surface area (Å²) in [5.74, 6) is 2.53. The summed E-state index contributed by atoms with van der Waals surface area (Å²) in [6.07, 6.45) is 7.37. The minimum absolute atomic E-state index is 0.192. The molecule has 5 nitrogen and oxygen atoms in total. The number of hydrogen-bond donors (Lipinski definition) is 3. The van der Waals surface area contributed by atoms with Crippen LogP contribution in [-0.4, -0.2) is 22.7 Å². The zero-order chi connectivity index (χ0) is 27.3. The van der Waals surface area contributed by atoms with Gasteiger partial charge in [-0.1, -0.05) is 43.6 Å². The Labute approximate surface area is 233 Å². The van der Waals surface area contributed by atoms with E-state index in [0.717, 1.165) is 47.5 Å². The minimum atomic E-state index is -1.48. The lowest BCUT2D eigenvalue weighted by Gasteiger charge is -2.47. The van der Waals surface area contributed by atoms with Crippen LogP contribution in [0, 0.1) is 17.8 Å². The molecule has 0 aliphatic heterocycles. The molecule has 0 spiro atoms. The van der Waals surface area contributed by atoms with E-state index >= 15 is 0 Å². The van der Waals surface area contributed by atoms with Crippen LogP contribution in [0.15, 0.2) is 71.6 Å². The first-order chi connectivity index (χ1) is 18.3. The van der Waals surface area contributed by atoms with E-state index in [2.05, 4.69) is 42.1 Å². The molecule has 3 N–H and O–H groups in total. The van der Waals surface area contributed by atoms with Crippen molar-refractivity contribution in [3.05, 3.63) is 82.9 Å². The van der Waals surface area contributed by atoms with Crippen LogP contribution in [0.2, 0.25) is 5.02 Å². The Morgan fingerprint density at radius 2 is 1.61 bits per heavy atom. The normalized spacial score (nSPS) is 24.9. The van der Waals surface area contributed by atoms with Crippen molar-refractivity contribution in [1.82, 2.24) is 0 Å². The van der Waals surface area contributed by atoms with Gasteiger partial charge in [0.1, 0.15) is 11.0 Å². The second-order valence-corrected chi connectivity index (χ2v) is 12.6. The van der Waals surface area contributed by atoms with Crippen molar-refractivity contribution in [1.29, 1.82) is 0 Å². The molecule has 7 heteroatoms. The summed E-state index contributed by atoms with van der Waals surface area (Å²) < 4.78 is 15.7. The Morgan fingerprint density at radius 3 is 2.24 bits per heavy atom. The predicted molar refractivity (Wildman–Crippen MR) is 158 cm³/mol. The highest BCUT2D eigenvalue weighted by Crippen LogP contribution is 2.51. The first kappa shape index (κ1) is 28.3. The van der Waals surface area contributed by atoms with Gasteiger partial charge in [0.2, 0.25) is 0 Å². The molecule has 38 heavy (non-hydrogen) atoms. The van der Waals surface area contributed by atoms with Crippen molar-refractivity contribution in [3.8, 4) is 0 Å². The third-order valence-electron chi connectivity index (χ3n) is 7.92. The molecule has 2 fully saturated rings. The number of fused-ring (bicyclic) bond motifs is 2. The maximum atomic E-state index is 12.8. The van der Waals surface area contributed by atoms with E-state index in [4.69, 9.17) is 16.7 Å². The Balaban J connectivity index is 0.00000164. The zero-order valence-corrected chi connectivity index (χ0v) is 23.8. The highest BCUT2D eigenvalue weighted by Gasteiger charge is 2.41. The lowest BCUT2D eigenvalue weighted by atomic mass is 9.57. The topological polar surface area (TPSA) is 78.4 Å². The number of aldehydes is 1. The minimum Gasteiger partial charge on any atom is -0.400 e. The lowest BCUT2D eigenvalue weighted by molar-refractivity contribution is 0.0899. The number of para-hydroxylation sites is 1. The van der Waals surface area contributed by atoms with Crippen molar-refractivity contribution in [2.24, 2.45) is 17.8 Å². The van der Waals surface area contributed by atoms with Crippen molar-refractivity contribution in [2.45, 2.75) is 56.3 Å². The maximum absolute atomic E-state index is 12.8. The monoisotopic (exact) mass is 552 g/mol. The Kier molecular flexibility index (Phi) is 9.29. The Bertz CT molecular complexity index is 1260. The first-order valence-corrected chi connectivity index (χ1v) is 14.7. The molecule has 0 amide bonds. The van der Waals surface area contributed by atoms with Gasteiger partial charge in [-0.2, -0.15) is 0 Å². The quantitative estimate of drug-likeness (QED) is 0.262. The Morgan fingerprint density at radius 1 is 0.947 bits per heavy atom. The largest absolute Gasteiger partial charge is 0.400 e. The molecule has 2 aliphatic carbocycles. The van der Waals surface area contributed by atoms with E-state index in [0.29, 0.717) is 16.1 Å². The van der Waals surface area contributed by atoms with Crippen molar-refractivity contribution < 1.29 is 14.1 Å². The van der Waals surface area contributed by atoms with Gasteiger partial charge in [-0.15, -0.1) is 0 Å². The fraction of sp³-hybridized carbons (Fsp3) is 0.387. The predicted octanol–water partition coefficient (Wildman–Crippen LogP) is 7.74. The second kappa shape index (κ2) is 12.5. The number of carbonyl (C=O) groups excluding carboxylic acids is 1. The molecule has 2 saturated carbocycles. The molecule has 0 saturated heterocycles. The highest BCUT2D eigenvalue weighted by atomic mass is 35.5. The molecule has 0 radical (unpaired) electrons. The number of anilines is 3. The summed E-state index contributed by atoms with van der Waals surface area (Å²) in [5.41, 5.74) is 4.28. The summed E-state index contributed by atoms with van der Waals surface area (Å²) in [6.45, 7) is 4.83. The molecular formula is C31H37ClN2O3S. The molecule has 3 atom stereocenters. The summed E-state index contributed by atoms with van der Waals surface area (Å²) in [7, 11) is -0.483. The summed E-state index contributed by atoms with van der Waals surface area (Å²) in [6, 6.07) is 20.8. The van der Waals surface area contributed by atoms with Crippen LogP contribution in [0.5, 0.6) is 0 Å². The van der Waals surface area contributed by atoms with Gasteiger partial charge >= 0.3 is 0 Å². The molecule has 2 bridgehead atoms. The van der Waals surface area contributed by atoms with Gasteiger partial charge in [0.25, 0.3) is 0 Å². The van der Waals surface area contributed by atoms with E-state index in [9.17, 15) is 9.00 Å². The molecule has 5 rings (SSSR count). The van der Waals surface area contributed by atoms with Gasteiger partial charge in [-0.05, 0) is 109 Å². The summed E-state index contributed by atoms with van der Waals surface area (Å²) in [5, 5.41) is 11.1. The lowest BCUT2D eigenvalue weighted by Crippen LogP contribution is -2.38. The molecule has 2 aliphatic rings. The summed E-state index contributed by atoms with van der Waals surface area (Å²) in [4.78, 5) is 11.8. The molecular weight excluding hydrogens is 516 g/mol. The first-order valence-electron chi connectivity index (χ1n) is 13.2. The number of aliphatic hydroxyl groups excluding tert-OH is 1. The van der Waals surface area contributed by atoms with Crippen molar-refractivity contribution >= 4 is 45.9 Å². The van der Waals surface area contributed by atoms with Gasteiger partial charge in [-0.25, -0.2) is 4.21 Å². The Hall–Kier alpha value is -2.67. The van der Waals surface area contributed by atoms with Gasteiger partial charge in [0.15, 0.2) is 6.29 Å². The smallest absolute Gasteiger partial charge is 0.152 e. The van der Waals surface area contributed by atoms with Gasteiger partial charge < -0.3 is 15.1 Å². The zero-order valence-electron chi connectivity index (χ0n) is 22.2. The number of halogens is 1. The van der Waals surface area contributed by atoms with Crippen molar-refractivity contribution in [3.63, 3.8) is 0 Å². The SMILES string of the molecule is CC1CC2CC(C1)CC(C)(c1ccc(Nc3ccc(S(=O)Nc4ccccc4C=O)cc3)c(Cl)c1)C2.CO. The van der Waals surface area contributed by atoms with Crippen LogP contribution in [0.1, 0.15) is 61.9 Å². The molecule has 0 aromatic heterocycles. The van der Waals surface area contributed by atoms with E-state index in [-0.39, 0.29) is 5.41 Å². The van der Waals surface area contributed by atoms with Gasteiger partial charge in [-0.3, -0.25) is 4.79 Å². The highest BCUT2D eigenvalue weighted by molar-refractivity contribution is 7.86. The van der Waals surface area contributed by atoms with Crippen LogP contribution in [0.3, 0.4) is 0 Å². The van der Waals surface area contributed by atoms with Crippen molar-refractivity contribution in [2.75, 3.05) is 17.1 Å². The third-order valence-corrected chi connectivity index (χ3v) is 9.34. The third kappa shape index (κ3) is 6.48. The van der Waals surface area contributed by atoms with Crippen LogP contribution in [0.25, 0.3) is 0 Å². The fourth-order valence-electron chi connectivity index (χ4n) is 6.49. The molecule has 3 unspecified atom stereocenters. The van der Waals surface area contributed by atoms with E-state index < -0.39 is 11.0 Å². The second-order valence-electron chi connectivity index (χ2n) is 10.9. The number of benzene rings is 3. The fourth-order valence-corrected chi connectivity index (χ4v) is 7.60. The van der Waals surface area contributed by atoms with E-state index in [1.54, 1.807) is 36.4 Å². The number of rotatable bonds is 7. The number of aliphatic hydroxyl groups is 1. The number of hydrogen-bond acceptors (Lipinski definition) is 4. The van der Waals surface area contributed by atoms with E-state index in [1.807, 2.05) is 12.1 Å². The molecule has 202 valence electrons. The van der Waals surface area contributed by atoms with E-state index in [1.165, 1.54) is 37.7 Å². The average Bonchev–Trinajstić information content (AvgIpc) is 2.91. The summed E-state index contributed by atoms with van der Waals surface area (Å²) >= 11 is 6.76. The maximum Gasteiger partial charge on any atom is 0.152 e.